The lowest BCUT2D eigenvalue weighted by Crippen LogP contribution is -2.21. The number of hydrogen-bond donors (Lipinski definition) is 3. The summed E-state index contributed by atoms with van der Waals surface area (Å²) in [6, 6.07) is 6.60. The maximum atomic E-state index is 11.0. The summed E-state index contributed by atoms with van der Waals surface area (Å²) in [5.41, 5.74) is 0.735. The number of hydrogen-bond acceptors (Lipinski definition) is 3. The van der Waals surface area contributed by atoms with Gasteiger partial charge in [0.15, 0.2) is 0 Å². The van der Waals surface area contributed by atoms with E-state index in [2.05, 4.69) is 10.6 Å². The molecule has 0 radical (unpaired) electrons. The van der Waals surface area contributed by atoms with Gasteiger partial charge in [0.25, 0.3) is 0 Å². The van der Waals surface area contributed by atoms with E-state index in [1.54, 1.807) is 25.2 Å². The lowest BCUT2D eigenvalue weighted by atomic mass is 10.2. The Kier molecular flexibility index (Phi) is 4.32. The van der Waals surface area contributed by atoms with Crippen molar-refractivity contribution in [1.82, 2.24) is 5.32 Å². The number of carboxylic acid groups (broad SMARTS) is 1. The summed E-state index contributed by atoms with van der Waals surface area (Å²) in [4.78, 5) is 21.8. The van der Waals surface area contributed by atoms with Gasteiger partial charge in [0.05, 0.1) is 5.56 Å². The van der Waals surface area contributed by atoms with Crippen LogP contribution in [0.3, 0.4) is 0 Å². The fraction of sp³-hybridized carbons (Fsp3) is 0.273. The molecule has 1 aromatic carbocycles. The first-order valence-corrected chi connectivity index (χ1v) is 4.92. The van der Waals surface area contributed by atoms with Crippen molar-refractivity contribution in [2.75, 3.05) is 18.9 Å². The molecule has 3 N–H and O–H groups in total. The zero-order valence-corrected chi connectivity index (χ0v) is 8.99. The highest BCUT2D eigenvalue weighted by Crippen LogP contribution is 2.14. The van der Waals surface area contributed by atoms with E-state index in [4.69, 9.17) is 5.11 Å². The van der Waals surface area contributed by atoms with Crippen LogP contribution in [0, 0.1) is 0 Å². The van der Waals surface area contributed by atoms with Crippen molar-refractivity contribution in [1.29, 1.82) is 0 Å². The lowest BCUT2D eigenvalue weighted by molar-refractivity contribution is -0.120. The van der Waals surface area contributed by atoms with Crippen LogP contribution in [0.25, 0.3) is 0 Å². The van der Waals surface area contributed by atoms with Crippen molar-refractivity contribution in [2.45, 2.75) is 6.42 Å². The van der Waals surface area contributed by atoms with Crippen LogP contribution in [0.1, 0.15) is 16.8 Å². The van der Waals surface area contributed by atoms with E-state index in [-0.39, 0.29) is 11.5 Å². The third-order valence-corrected chi connectivity index (χ3v) is 2.10. The van der Waals surface area contributed by atoms with Crippen LogP contribution < -0.4 is 10.6 Å². The fourth-order valence-corrected chi connectivity index (χ4v) is 1.26. The number of rotatable bonds is 5. The quantitative estimate of drug-likeness (QED) is 0.692. The van der Waals surface area contributed by atoms with Crippen LogP contribution in [0.2, 0.25) is 0 Å². The summed E-state index contributed by atoms with van der Waals surface area (Å²) in [7, 11) is 1.56. The van der Waals surface area contributed by atoms with Gasteiger partial charge in [0.1, 0.15) is 0 Å². The normalized spacial score (nSPS) is 9.56. The van der Waals surface area contributed by atoms with Crippen molar-refractivity contribution in [3.05, 3.63) is 29.8 Å². The van der Waals surface area contributed by atoms with Crippen LogP contribution in [0.4, 0.5) is 5.69 Å². The topological polar surface area (TPSA) is 78.4 Å². The lowest BCUT2D eigenvalue weighted by Gasteiger charge is -2.08. The zero-order chi connectivity index (χ0) is 12.0. The molecule has 86 valence electrons. The molecule has 0 atom stereocenters. The number of anilines is 1. The molecule has 1 amide bonds. The molecule has 1 aromatic rings. The Morgan fingerprint density at radius 3 is 2.62 bits per heavy atom. The average molecular weight is 222 g/mol. The molecule has 0 aliphatic rings. The number of para-hydroxylation sites is 1. The molecule has 0 spiro atoms. The molecule has 0 saturated carbocycles. The molecular weight excluding hydrogens is 208 g/mol. The smallest absolute Gasteiger partial charge is 0.337 e. The van der Waals surface area contributed by atoms with E-state index < -0.39 is 5.97 Å². The van der Waals surface area contributed by atoms with Crippen LogP contribution >= 0.6 is 0 Å². The van der Waals surface area contributed by atoms with Crippen molar-refractivity contribution >= 4 is 17.6 Å². The van der Waals surface area contributed by atoms with Crippen LogP contribution in [0.15, 0.2) is 24.3 Å². The Bertz CT molecular complexity index is 391. The Labute approximate surface area is 93.5 Å². The number of nitrogens with one attached hydrogen (secondary N) is 2. The summed E-state index contributed by atoms with van der Waals surface area (Å²) < 4.78 is 0. The van der Waals surface area contributed by atoms with Crippen LogP contribution in [-0.2, 0) is 4.79 Å². The minimum Gasteiger partial charge on any atom is -0.478 e. The Balaban J connectivity index is 2.60. The number of amides is 1. The van der Waals surface area contributed by atoms with Gasteiger partial charge >= 0.3 is 5.97 Å². The first-order chi connectivity index (χ1) is 7.65. The van der Waals surface area contributed by atoms with E-state index >= 15 is 0 Å². The highest BCUT2D eigenvalue weighted by Gasteiger charge is 2.08. The van der Waals surface area contributed by atoms with Gasteiger partial charge in [-0.15, -0.1) is 0 Å². The van der Waals surface area contributed by atoms with E-state index in [0.29, 0.717) is 18.7 Å². The largest absolute Gasteiger partial charge is 0.478 e. The first-order valence-electron chi connectivity index (χ1n) is 4.92. The van der Waals surface area contributed by atoms with Crippen LogP contribution in [-0.4, -0.2) is 30.6 Å². The second-order valence-electron chi connectivity index (χ2n) is 3.20. The van der Waals surface area contributed by atoms with Gasteiger partial charge < -0.3 is 15.7 Å². The highest BCUT2D eigenvalue weighted by atomic mass is 16.4. The molecule has 0 fully saturated rings. The first kappa shape index (κ1) is 12.0. The van der Waals surface area contributed by atoms with Crippen molar-refractivity contribution in [2.24, 2.45) is 0 Å². The SMILES string of the molecule is CNC(=O)CCNc1ccccc1C(=O)O. The third kappa shape index (κ3) is 3.27. The summed E-state index contributed by atoms with van der Waals surface area (Å²) in [5, 5.41) is 14.3. The third-order valence-electron chi connectivity index (χ3n) is 2.10. The molecule has 0 saturated heterocycles. The van der Waals surface area contributed by atoms with Crippen LogP contribution in [0.5, 0.6) is 0 Å². The standard InChI is InChI=1S/C11H14N2O3/c1-12-10(14)6-7-13-9-5-3-2-4-8(9)11(15)16/h2-5,13H,6-7H2,1H3,(H,12,14)(H,15,16). The summed E-state index contributed by atoms with van der Waals surface area (Å²) in [6.45, 7) is 0.407. The molecule has 0 aliphatic carbocycles. The van der Waals surface area contributed by atoms with Crippen molar-refractivity contribution < 1.29 is 14.7 Å². The second-order valence-corrected chi connectivity index (χ2v) is 3.20. The fourth-order valence-electron chi connectivity index (χ4n) is 1.26. The predicted molar refractivity (Wildman–Crippen MR) is 60.6 cm³/mol. The van der Waals surface area contributed by atoms with Gasteiger partial charge in [-0.25, -0.2) is 4.79 Å². The number of benzene rings is 1. The molecule has 0 bridgehead atoms. The Morgan fingerprint density at radius 2 is 2.00 bits per heavy atom. The monoisotopic (exact) mass is 222 g/mol. The number of aromatic carboxylic acids is 1. The summed E-state index contributed by atoms with van der Waals surface area (Å²) in [6.07, 6.45) is 0.310. The van der Waals surface area contributed by atoms with Crippen molar-refractivity contribution in [3.8, 4) is 0 Å². The van der Waals surface area contributed by atoms with E-state index in [9.17, 15) is 9.59 Å². The zero-order valence-electron chi connectivity index (χ0n) is 8.99. The number of carbonyl (C=O) groups excluding carboxylic acids is 1. The predicted octanol–water partition coefficient (Wildman–Crippen LogP) is 0.933. The molecular formula is C11H14N2O3. The van der Waals surface area contributed by atoms with E-state index in [0.717, 1.165) is 0 Å². The molecule has 0 aromatic heterocycles. The second kappa shape index (κ2) is 5.75. The number of carboxylic acids is 1. The average Bonchev–Trinajstić information content (AvgIpc) is 2.29. The summed E-state index contributed by atoms with van der Waals surface area (Å²) in [5.74, 6) is -1.07. The van der Waals surface area contributed by atoms with Gasteiger partial charge in [0, 0.05) is 25.7 Å². The maximum absolute atomic E-state index is 11.0. The van der Waals surface area contributed by atoms with Gasteiger partial charge in [-0.3, -0.25) is 4.79 Å². The molecule has 0 aliphatic heterocycles. The maximum Gasteiger partial charge on any atom is 0.337 e. The van der Waals surface area contributed by atoms with Gasteiger partial charge in [-0.05, 0) is 12.1 Å². The Morgan fingerprint density at radius 1 is 1.31 bits per heavy atom. The van der Waals surface area contributed by atoms with E-state index in [1.807, 2.05) is 0 Å². The molecule has 5 nitrogen and oxygen atoms in total. The summed E-state index contributed by atoms with van der Waals surface area (Å²) >= 11 is 0. The Hall–Kier alpha value is -2.04. The minimum atomic E-state index is -0.983. The highest BCUT2D eigenvalue weighted by molar-refractivity contribution is 5.94. The van der Waals surface area contributed by atoms with Gasteiger partial charge in [-0.1, -0.05) is 12.1 Å². The minimum absolute atomic E-state index is 0.0830. The molecule has 0 unspecified atom stereocenters. The molecule has 0 heterocycles. The molecule has 5 heteroatoms. The van der Waals surface area contributed by atoms with Gasteiger partial charge in [0.2, 0.25) is 5.91 Å². The number of carbonyl (C=O) groups is 2. The molecule has 1 rings (SSSR count). The van der Waals surface area contributed by atoms with Crippen molar-refractivity contribution in [3.63, 3.8) is 0 Å². The van der Waals surface area contributed by atoms with E-state index in [1.165, 1.54) is 6.07 Å². The molecule has 16 heavy (non-hydrogen) atoms. The van der Waals surface area contributed by atoms with Gasteiger partial charge in [-0.2, -0.15) is 0 Å².